The first-order chi connectivity index (χ1) is 15.9. The van der Waals surface area contributed by atoms with E-state index in [1.807, 2.05) is 25.1 Å². The quantitative estimate of drug-likeness (QED) is 0.550. The van der Waals surface area contributed by atoms with Gasteiger partial charge in [-0.1, -0.05) is 31.2 Å². The number of carbonyl (C=O) groups is 1. The molecular weight excluding hydrogens is 440 g/mol. The fourth-order valence-electron chi connectivity index (χ4n) is 3.99. The minimum Gasteiger partial charge on any atom is -0.478 e. The monoisotopic (exact) mass is 466 g/mol. The molecule has 1 aliphatic heterocycles. The van der Waals surface area contributed by atoms with Crippen LogP contribution in [0.4, 0.5) is 17.2 Å². The highest BCUT2D eigenvalue weighted by atomic mass is 32.2. The number of aromatic nitrogens is 1. The van der Waals surface area contributed by atoms with Gasteiger partial charge < -0.3 is 14.9 Å². The Bertz CT molecular complexity index is 1240. The van der Waals surface area contributed by atoms with Gasteiger partial charge in [-0.05, 0) is 48.4 Å². The van der Waals surface area contributed by atoms with Gasteiger partial charge in [-0.25, -0.2) is 18.2 Å². The summed E-state index contributed by atoms with van der Waals surface area (Å²) in [5.41, 5.74) is 1.37. The maximum absolute atomic E-state index is 13.0. The average Bonchev–Trinajstić information content (AvgIpc) is 2.84. The summed E-state index contributed by atoms with van der Waals surface area (Å²) < 4.78 is 28.4. The van der Waals surface area contributed by atoms with E-state index in [0.29, 0.717) is 25.1 Å². The SMILES string of the molecule is CCc1ccccc1S(=O)(=O)Nc1ccc(N2CCN(c3ccccn3)CC2)cc1C(=O)O. The molecule has 3 aromatic rings. The molecule has 0 saturated carbocycles. The number of aromatic carboxylic acids is 1. The third-order valence-corrected chi connectivity index (χ3v) is 7.20. The van der Waals surface area contributed by atoms with E-state index in [0.717, 1.165) is 24.6 Å². The Kier molecular flexibility index (Phi) is 6.50. The predicted molar refractivity (Wildman–Crippen MR) is 129 cm³/mol. The van der Waals surface area contributed by atoms with Crippen molar-refractivity contribution in [1.29, 1.82) is 0 Å². The molecule has 172 valence electrons. The maximum Gasteiger partial charge on any atom is 0.337 e. The Morgan fingerprint density at radius 3 is 2.36 bits per heavy atom. The molecule has 0 atom stereocenters. The molecule has 0 unspecified atom stereocenters. The van der Waals surface area contributed by atoms with Crippen molar-refractivity contribution in [3.63, 3.8) is 0 Å². The molecule has 0 aliphatic carbocycles. The van der Waals surface area contributed by atoms with Crippen molar-refractivity contribution in [2.24, 2.45) is 0 Å². The van der Waals surface area contributed by atoms with Gasteiger partial charge in [-0.3, -0.25) is 4.72 Å². The van der Waals surface area contributed by atoms with Crippen LogP contribution >= 0.6 is 0 Å². The number of carboxylic acid groups (broad SMARTS) is 1. The van der Waals surface area contributed by atoms with Crippen LogP contribution in [-0.2, 0) is 16.4 Å². The molecule has 9 heteroatoms. The number of nitrogens with zero attached hydrogens (tertiary/aromatic N) is 3. The zero-order valence-corrected chi connectivity index (χ0v) is 19.1. The second kappa shape index (κ2) is 9.50. The molecule has 2 heterocycles. The lowest BCUT2D eigenvalue weighted by molar-refractivity contribution is 0.0698. The van der Waals surface area contributed by atoms with Crippen molar-refractivity contribution in [3.05, 3.63) is 78.0 Å². The molecule has 1 aliphatic rings. The Balaban J connectivity index is 1.54. The number of rotatable bonds is 7. The van der Waals surface area contributed by atoms with Crippen LogP contribution in [0.1, 0.15) is 22.8 Å². The topological polar surface area (TPSA) is 103 Å². The molecule has 1 aromatic heterocycles. The van der Waals surface area contributed by atoms with Crippen molar-refractivity contribution in [2.75, 3.05) is 40.7 Å². The fourth-order valence-corrected chi connectivity index (χ4v) is 5.38. The second-order valence-corrected chi connectivity index (χ2v) is 9.41. The standard InChI is InChI=1S/C24H26N4O4S/c1-2-18-7-3-4-8-22(18)33(31,32)26-21-11-10-19(17-20(21)24(29)30)27-13-15-28(16-14-27)23-9-5-6-12-25-23/h3-12,17,26H,2,13-16H2,1H3,(H,29,30). The first-order valence-corrected chi connectivity index (χ1v) is 12.3. The highest BCUT2D eigenvalue weighted by molar-refractivity contribution is 7.92. The van der Waals surface area contributed by atoms with Crippen LogP contribution in [0, 0.1) is 0 Å². The number of benzene rings is 2. The summed E-state index contributed by atoms with van der Waals surface area (Å²) in [6.45, 7) is 4.78. The van der Waals surface area contributed by atoms with Crippen molar-refractivity contribution < 1.29 is 18.3 Å². The zero-order valence-electron chi connectivity index (χ0n) is 18.3. The van der Waals surface area contributed by atoms with E-state index in [-0.39, 0.29) is 16.1 Å². The predicted octanol–water partition coefficient (Wildman–Crippen LogP) is 3.47. The molecule has 1 saturated heterocycles. The number of nitrogens with one attached hydrogen (secondary N) is 1. The lowest BCUT2D eigenvalue weighted by Gasteiger charge is -2.37. The Morgan fingerprint density at radius 2 is 1.70 bits per heavy atom. The van der Waals surface area contributed by atoms with Crippen molar-refractivity contribution in [1.82, 2.24) is 4.98 Å². The maximum atomic E-state index is 13.0. The van der Waals surface area contributed by atoms with Crippen LogP contribution in [-0.4, -0.2) is 50.7 Å². The number of piperazine rings is 1. The van der Waals surface area contributed by atoms with E-state index < -0.39 is 16.0 Å². The molecule has 2 N–H and O–H groups in total. The molecule has 0 amide bonds. The van der Waals surface area contributed by atoms with E-state index in [1.165, 1.54) is 18.2 Å². The third kappa shape index (κ3) is 4.93. The number of hydrogen-bond acceptors (Lipinski definition) is 6. The molecule has 0 spiro atoms. The number of sulfonamides is 1. The Labute approximate surface area is 193 Å². The van der Waals surface area contributed by atoms with Crippen LogP contribution in [0.2, 0.25) is 0 Å². The van der Waals surface area contributed by atoms with Gasteiger partial charge in [0.15, 0.2) is 0 Å². The van der Waals surface area contributed by atoms with Gasteiger partial charge >= 0.3 is 5.97 Å². The Morgan fingerprint density at radius 1 is 1.00 bits per heavy atom. The molecular formula is C24H26N4O4S. The summed E-state index contributed by atoms with van der Waals surface area (Å²) in [5, 5.41) is 9.78. The van der Waals surface area contributed by atoms with Crippen LogP contribution < -0.4 is 14.5 Å². The molecule has 2 aromatic carbocycles. The Hall–Kier alpha value is -3.59. The van der Waals surface area contributed by atoms with E-state index >= 15 is 0 Å². The molecule has 4 rings (SSSR count). The third-order valence-electron chi connectivity index (χ3n) is 5.74. The molecule has 1 fully saturated rings. The van der Waals surface area contributed by atoms with Gasteiger partial charge in [0.05, 0.1) is 16.1 Å². The normalized spacial score (nSPS) is 14.2. The summed E-state index contributed by atoms with van der Waals surface area (Å²) in [6.07, 6.45) is 2.31. The average molecular weight is 467 g/mol. The minimum absolute atomic E-state index is 0.0456. The first-order valence-electron chi connectivity index (χ1n) is 10.8. The van der Waals surface area contributed by atoms with Gasteiger partial charge in [0.25, 0.3) is 10.0 Å². The number of anilines is 3. The van der Waals surface area contributed by atoms with Crippen LogP contribution in [0.25, 0.3) is 0 Å². The van der Waals surface area contributed by atoms with Crippen LogP contribution in [0.5, 0.6) is 0 Å². The first kappa shape index (κ1) is 22.6. The van der Waals surface area contributed by atoms with E-state index in [2.05, 4.69) is 19.5 Å². The summed E-state index contributed by atoms with van der Waals surface area (Å²) in [4.78, 5) is 20.8. The van der Waals surface area contributed by atoms with Crippen molar-refractivity contribution in [2.45, 2.75) is 18.2 Å². The van der Waals surface area contributed by atoms with Gasteiger partial charge in [-0.15, -0.1) is 0 Å². The summed E-state index contributed by atoms with van der Waals surface area (Å²) >= 11 is 0. The molecule has 0 bridgehead atoms. The highest BCUT2D eigenvalue weighted by Crippen LogP contribution is 2.28. The van der Waals surface area contributed by atoms with Crippen molar-refractivity contribution >= 4 is 33.2 Å². The van der Waals surface area contributed by atoms with Gasteiger partial charge in [0.2, 0.25) is 0 Å². The molecule has 0 radical (unpaired) electrons. The number of aryl methyl sites for hydroxylation is 1. The lowest BCUT2D eigenvalue weighted by Crippen LogP contribution is -2.46. The largest absolute Gasteiger partial charge is 0.478 e. The number of carboxylic acids is 1. The van der Waals surface area contributed by atoms with Crippen LogP contribution in [0.15, 0.2) is 71.8 Å². The summed E-state index contributed by atoms with van der Waals surface area (Å²) in [6, 6.07) is 17.3. The van der Waals surface area contributed by atoms with E-state index in [4.69, 9.17) is 0 Å². The minimum atomic E-state index is -3.93. The fraction of sp³-hybridized carbons (Fsp3) is 0.250. The van der Waals surface area contributed by atoms with Crippen LogP contribution in [0.3, 0.4) is 0 Å². The summed E-state index contributed by atoms with van der Waals surface area (Å²) in [5.74, 6) is -0.272. The van der Waals surface area contributed by atoms with E-state index in [9.17, 15) is 18.3 Å². The smallest absolute Gasteiger partial charge is 0.337 e. The van der Waals surface area contributed by atoms with Gasteiger partial charge in [0.1, 0.15) is 5.82 Å². The molecule has 33 heavy (non-hydrogen) atoms. The van der Waals surface area contributed by atoms with Gasteiger partial charge in [-0.2, -0.15) is 0 Å². The highest BCUT2D eigenvalue weighted by Gasteiger charge is 2.23. The summed E-state index contributed by atoms with van der Waals surface area (Å²) in [7, 11) is -3.93. The number of hydrogen-bond donors (Lipinski definition) is 2. The number of pyridine rings is 1. The zero-order chi connectivity index (χ0) is 23.4. The second-order valence-electron chi connectivity index (χ2n) is 7.76. The van der Waals surface area contributed by atoms with Gasteiger partial charge in [0, 0.05) is 38.1 Å². The molecule has 8 nitrogen and oxygen atoms in total. The van der Waals surface area contributed by atoms with Crippen molar-refractivity contribution in [3.8, 4) is 0 Å². The lowest BCUT2D eigenvalue weighted by atomic mass is 10.1. The van der Waals surface area contributed by atoms with E-state index in [1.54, 1.807) is 30.5 Å².